The van der Waals surface area contributed by atoms with Crippen LogP contribution in [0.15, 0.2) is 54.7 Å². The van der Waals surface area contributed by atoms with Crippen molar-refractivity contribution in [2.75, 3.05) is 11.4 Å². The molecule has 2 heterocycles. The summed E-state index contributed by atoms with van der Waals surface area (Å²) in [5.41, 5.74) is 4.38. The fourth-order valence-electron chi connectivity index (χ4n) is 3.43. The molecule has 1 aliphatic rings. The molecule has 0 fully saturated rings. The van der Waals surface area contributed by atoms with Crippen LogP contribution in [-0.4, -0.2) is 28.3 Å². The highest BCUT2D eigenvalue weighted by molar-refractivity contribution is 6.34. The van der Waals surface area contributed by atoms with E-state index in [0.717, 1.165) is 29.2 Å². The first-order valence-electron chi connectivity index (χ1n) is 8.98. The first-order chi connectivity index (χ1) is 13.0. The molecule has 0 spiro atoms. The predicted molar refractivity (Wildman–Crippen MR) is 108 cm³/mol. The molecule has 0 saturated heterocycles. The van der Waals surface area contributed by atoms with Crippen molar-refractivity contribution in [1.29, 1.82) is 0 Å². The van der Waals surface area contributed by atoms with E-state index in [1.165, 1.54) is 0 Å². The lowest BCUT2D eigenvalue weighted by atomic mass is 10.1. The number of fused-ring (bicyclic) bond motifs is 1. The summed E-state index contributed by atoms with van der Waals surface area (Å²) in [6.45, 7) is 5.39. The molecule has 4 rings (SSSR count). The molecule has 1 atom stereocenters. The van der Waals surface area contributed by atoms with Crippen molar-refractivity contribution in [2.24, 2.45) is 0 Å². The average molecular weight is 381 g/mol. The van der Waals surface area contributed by atoms with Crippen LogP contribution in [0.25, 0.3) is 5.69 Å². The van der Waals surface area contributed by atoms with Crippen LogP contribution in [0.4, 0.5) is 5.69 Å². The largest absolute Gasteiger partial charge is 0.308 e. The van der Waals surface area contributed by atoms with Crippen LogP contribution in [0, 0.1) is 6.92 Å². The van der Waals surface area contributed by atoms with Crippen molar-refractivity contribution in [3.63, 3.8) is 0 Å². The number of carbonyl (C=O) groups is 1. The average Bonchev–Trinajstić information content (AvgIpc) is 3.02. The van der Waals surface area contributed by atoms with E-state index < -0.39 is 0 Å². The molecule has 2 aromatic carbocycles. The van der Waals surface area contributed by atoms with Gasteiger partial charge in [-0.3, -0.25) is 4.79 Å². The van der Waals surface area contributed by atoms with Crippen molar-refractivity contribution >= 4 is 23.2 Å². The third kappa shape index (κ3) is 3.36. The Labute approximate surface area is 163 Å². The van der Waals surface area contributed by atoms with Gasteiger partial charge >= 0.3 is 0 Å². The van der Waals surface area contributed by atoms with E-state index >= 15 is 0 Å². The number of nitrogens with zero attached hydrogens (tertiary/aromatic N) is 3. The van der Waals surface area contributed by atoms with Crippen LogP contribution in [0.1, 0.15) is 28.5 Å². The van der Waals surface area contributed by atoms with Crippen LogP contribution in [-0.2, 0) is 6.54 Å². The summed E-state index contributed by atoms with van der Waals surface area (Å²) in [7, 11) is 0. The molecule has 5 nitrogen and oxygen atoms in total. The van der Waals surface area contributed by atoms with Gasteiger partial charge in [0.2, 0.25) is 0 Å². The number of halogens is 1. The van der Waals surface area contributed by atoms with Crippen LogP contribution < -0.4 is 10.2 Å². The number of para-hydroxylation sites is 1. The van der Waals surface area contributed by atoms with E-state index in [0.29, 0.717) is 17.1 Å². The van der Waals surface area contributed by atoms with E-state index in [9.17, 15) is 4.79 Å². The zero-order valence-corrected chi connectivity index (χ0v) is 16.1. The van der Waals surface area contributed by atoms with Gasteiger partial charge in [0.15, 0.2) is 0 Å². The molecule has 0 aliphatic carbocycles. The quantitative estimate of drug-likeness (QED) is 0.731. The molecule has 3 aromatic rings. The molecule has 0 radical (unpaired) electrons. The van der Waals surface area contributed by atoms with Gasteiger partial charge in [-0.2, -0.15) is 5.10 Å². The topological polar surface area (TPSA) is 50.2 Å². The number of hydrogen-bond acceptors (Lipinski definition) is 3. The molecule has 1 aliphatic heterocycles. The van der Waals surface area contributed by atoms with Crippen LogP contribution in [0.2, 0.25) is 5.02 Å². The predicted octanol–water partition coefficient (Wildman–Crippen LogP) is 3.97. The lowest BCUT2D eigenvalue weighted by molar-refractivity contribution is 0.0985. The van der Waals surface area contributed by atoms with Gasteiger partial charge in [-0.25, -0.2) is 4.68 Å². The molecule has 1 amide bonds. The van der Waals surface area contributed by atoms with Crippen LogP contribution >= 0.6 is 11.6 Å². The van der Waals surface area contributed by atoms with E-state index in [2.05, 4.69) is 17.3 Å². The maximum absolute atomic E-state index is 13.3. The second-order valence-electron chi connectivity index (χ2n) is 6.87. The molecule has 138 valence electrons. The van der Waals surface area contributed by atoms with Crippen LogP contribution in [0.5, 0.6) is 0 Å². The normalized spacial score (nSPS) is 16.7. The minimum atomic E-state index is -0.0910. The standard InChI is InChI=1S/C21H21ClN4O/c1-14-13-25(20-6-4-3-5-16(20)12-23-14)21(27)18-8-7-17(11-19(18)22)26-15(2)9-10-24-26/h3-11,14,23H,12-13H2,1-2H3/t14-/m1/s1. The van der Waals surface area contributed by atoms with Gasteiger partial charge < -0.3 is 10.2 Å². The summed E-state index contributed by atoms with van der Waals surface area (Å²) in [6, 6.07) is 15.6. The zero-order chi connectivity index (χ0) is 19.0. The fraction of sp³-hybridized carbons (Fsp3) is 0.238. The molecular formula is C21H21ClN4O. The third-order valence-electron chi connectivity index (χ3n) is 4.88. The third-order valence-corrected chi connectivity index (χ3v) is 5.20. The Balaban J connectivity index is 1.71. The van der Waals surface area contributed by atoms with Crippen molar-refractivity contribution in [2.45, 2.75) is 26.4 Å². The number of rotatable bonds is 2. The number of aromatic nitrogens is 2. The number of hydrogen-bond donors (Lipinski definition) is 1. The SMILES string of the molecule is Cc1ccnn1-c1ccc(C(=O)N2C[C@@H](C)NCc3ccccc32)c(Cl)c1. The van der Waals surface area contributed by atoms with E-state index in [-0.39, 0.29) is 11.9 Å². The Morgan fingerprint density at radius 2 is 2.04 bits per heavy atom. The minimum Gasteiger partial charge on any atom is -0.308 e. The summed E-state index contributed by atoms with van der Waals surface area (Å²) >= 11 is 6.51. The van der Waals surface area contributed by atoms with Gasteiger partial charge in [-0.15, -0.1) is 0 Å². The molecule has 27 heavy (non-hydrogen) atoms. The Kier molecular flexibility index (Phi) is 4.72. The molecule has 0 unspecified atom stereocenters. The lowest BCUT2D eigenvalue weighted by Crippen LogP contribution is -2.39. The zero-order valence-electron chi connectivity index (χ0n) is 15.3. The second-order valence-corrected chi connectivity index (χ2v) is 7.28. The number of anilines is 1. The molecule has 1 N–H and O–H groups in total. The number of aryl methyl sites for hydroxylation is 1. The molecule has 0 bridgehead atoms. The first kappa shape index (κ1) is 17.8. The molecule has 0 saturated carbocycles. The van der Waals surface area contributed by atoms with Gasteiger partial charge in [0.1, 0.15) is 0 Å². The van der Waals surface area contributed by atoms with E-state index in [1.807, 2.05) is 48.2 Å². The smallest absolute Gasteiger partial charge is 0.259 e. The van der Waals surface area contributed by atoms with Crippen molar-refractivity contribution < 1.29 is 4.79 Å². The lowest BCUT2D eigenvalue weighted by Gasteiger charge is -2.25. The van der Waals surface area contributed by atoms with Gasteiger partial charge in [-0.1, -0.05) is 29.8 Å². The summed E-state index contributed by atoms with van der Waals surface area (Å²) in [6.07, 6.45) is 1.74. The number of amides is 1. The monoisotopic (exact) mass is 380 g/mol. The van der Waals surface area contributed by atoms with E-state index in [1.54, 1.807) is 23.0 Å². The van der Waals surface area contributed by atoms with Gasteiger partial charge in [0, 0.05) is 36.7 Å². The summed E-state index contributed by atoms with van der Waals surface area (Å²) in [5.74, 6) is -0.0910. The van der Waals surface area contributed by atoms with Crippen molar-refractivity contribution in [1.82, 2.24) is 15.1 Å². The number of nitrogens with one attached hydrogen (secondary N) is 1. The van der Waals surface area contributed by atoms with E-state index in [4.69, 9.17) is 11.6 Å². The minimum absolute atomic E-state index is 0.0910. The number of carbonyl (C=O) groups excluding carboxylic acids is 1. The first-order valence-corrected chi connectivity index (χ1v) is 9.36. The molecular weight excluding hydrogens is 360 g/mol. The highest BCUT2D eigenvalue weighted by Crippen LogP contribution is 2.28. The maximum atomic E-state index is 13.3. The fourth-order valence-corrected chi connectivity index (χ4v) is 3.69. The highest BCUT2D eigenvalue weighted by Gasteiger charge is 2.26. The van der Waals surface area contributed by atoms with Gasteiger partial charge in [-0.05, 0) is 49.7 Å². The Bertz CT molecular complexity index is 997. The Hall–Kier alpha value is -2.63. The van der Waals surface area contributed by atoms with Crippen molar-refractivity contribution in [3.8, 4) is 5.69 Å². The summed E-state index contributed by atoms with van der Waals surface area (Å²) in [5, 5.41) is 8.17. The molecule has 1 aromatic heterocycles. The Morgan fingerprint density at radius 1 is 1.22 bits per heavy atom. The highest BCUT2D eigenvalue weighted by atomic mass is 35.5. The summed E-state index contributed by atoms with van der Waals surface area (Å²) < 4.78 is 1.80. The van der Waals surface area contributed by atoms with Crippen LogP contribution in [0.3, 0.4) is 0 Å². The molecule has 6 heteroatoms. The Morgan fingerprint density at radius 3 is 2.78 bits per heavy atom. The van der Waals surface area contributed by atoms with Gasteiger partial charge in [0.05, 0.1) is 16.3 Å². The van der Waals surface area contributed by atoms with Crippen molar-refractivity contribution in [3.05, 3.63) is 76.6 Å². The summed E-state index contributed by atoms with van der Waals surface area (Å²) in [4.78, 5) is 15.2. The second kappa shape index (κ2) is 7.18. The maximum Gasteiger partial charge on any atom is 0.259 e. The van der Waals surface area contributed by atoms with Gasteiger partial charge in [0.25, 0.3) is 5.91 Å². The number of benzene rings is 2.